The van der Waals surface area contributed by atoms with E-state index in [1.807, 2.05) is 12.1 Å². The molecule has 3 N–H and O–H groups in total. The van der Waals surface area contributed by atoms with E-state index in [-0.39, 0.29) is 6.54 Å². The van der Waals surface area contributed by atoms with E-state index in [9.17, 15) is 5.11 Å². The summed E-state index contributed by atoms with van der Waals surface area (Å²) in [5.41, 5.74) is 10.9. The Morgan fingerprint density at radius 1 is 1.23 bits per heavy atom. The standard InChI is InChI=1S/C21H26N4O/c1-15-3-4-19-17(11-15)18-12-24(2)10-7-20(18)25(19)14-21(26,13-22)16-5-8-23-9-6-16/h3-6,8-9,11,26H,7,10,12-14,22H2,1-2H3. The van der Waals surface area contributed by atoms with Crippen molar-refractivity contribution in [2.24, 2.45) is 5.73 Å². The number of hydrogen-bond donors (Lipinski definition) is 2. The lowest BCUT2D eigenvalue weighted by Crippen LogP contribution is -2.40. The Labute approximate surface area is 154 Å². The number of nitrogens with two attached hydrogens (primary N) is 1. The predicted molar refractivity (Wildman–Crippen MR) is 104 cm³/mol. The molecule has 0 bridgehead atoms. The molecule has 0 saturated carbocycles. The van der Waals surface area contributed by atoms with E-state index in [1.54, 1.807) is 12.4 Å². The molecule has 5 heteroatoms. The fourth-order valence-corrected chi connectivity index (χ4v) is 4.08. The van der Waals surface area contributed by atoms with Crippen LogP contribution in [-0.2, 0) is 25.1 Å². The van der Waals surface area contributed by atoms with Crippen LogP contribution in [0.1, 0.15) is 22.4 Å². The number of aliphatic hydroxyl groups is 1. The lowest BCUT2D eigenvalue weighted by Gasteiger charge is -2.30. The number of benzene rings is 1. The van der Waals surface area contributed by atoms with Gasteiger partial charge in [-0.25, -0.2) is 0 Å². The SMILES string of the molecule is Cc1ccc2c(c1)c1c(n2CC(O)(CN)c2ccncc2)CCN(C)C1. The molecule has 136 valence electrons. The number of pyridine rings is 1. The van der Waals surface area contributed by atoms with Crippen molar-refractivity contribution in [1.29, 1.82) is 0 Å². The minimum absolute atomic E-state index is 0.164. The van der Waals surface area contributed by atoms with Gasteiger partial charge in [-0.1, -0.05) is 11.6 Å². The number of fused-ring (bicyclic) bond motifs is 3. The van der Waals surface area contributed by atoms with Crippen molar-refractivity contribution < 1.29 is 5.11 Å². The van der Waals surface area contributed by atoms with Crippen LogP contribution < -0.4 is 5.73 Å². The zero-order chi connectivity index (χ0) is 18.3. The minimum atomic E-state index is -1.11. The zero-order valence-electron chi connectivity index (χ0n) is 15.4. The van der Waals surface area contributed by atoms with Crippen LogP contribution in [0.4, 0.5) is 0 Å². The summed E-state index contributed by atoms with van der Waals surface area (Å²) in [5, 5.41) is 12.6. The minimum Gasteiger partial charge on any atom is -0.382 e. The molecule has 0 fully saturated rings. The molecule has 0 spiro atoms. The maximum atomic E-state index is 11.3. The van der Waals surface area contributed by atoms with Crippen LogP contribution in [0, 0.1) is 6.92 Å². The summed E-state index contributed by atoms with van der Waals surface area (Å²) in [5.74, 6) is 0. The first kappa shape index (κ1) is 17.2. The lowest BCUT2D eigenvalue weighted by molar-refractivity contribution is 0.0277. The van der Waals surface area contributed by atoms with Gasteiger partial charge in [0.2, 0.25) is 0 Å². The molecule has 2 aromatic heterocycles. The van der Waals surface area contributed by atoms with Crippen LogP contribution in [0.2, 0.25) is 0 Å². The Bertz CT molecular complexity index is 934. The van der Waals surface area contributed by atoms with Crippen LogP contribution in [0.25, 0.3) is 10.9 Å². The van der Waals surface area contributed by atoms with E-state index in [0.717, 1.165) is 25.1 Å². The quantitative estimate of drug-likeness (QED) is 0.757. The summed E-state index contributed by atoms with van der Waals surface area (Å²) in [4.78, 5) is 6.42. The van der Waals surface area contributed by atoms with Gasteiger partial charge in [0, 0.05) is 55.0 Å². The molecule has 3 heterocycles. The molecule has 1 aliphatic rings. The van der Waals surface area contributed by atoms with Crippen LogP contribution in [0.3, 0.4) is 0 Å². The van der Waals surface area contributed by atoms with Gasteiger partial charge in [0.1, 0.15) is 5.60 Å². The number of aromatic nitrogens is 2. The first-order valence-electron chi connectivity index (χ1n) is 9.14. The highest BCUT2D eigenvalue weighted by Crippen LogP contribution is 2.34. The highest BCUT2D eigenvalue weighted by atomic mass is 16.3. The van der Waals surface area contributed by atoms with E-state index in [2.05, 4.69) is 46.6 Å². The van der Waals surface area contributed by atoms with Crippen LogP contribution in [-0.4, -0.2) is 39.7 Å². The average Bonchev–Trinajstić information content (AvgIpc) is 2.94. The normalized spacial score (nSPS) is 17.2. The number of likely N-dealkylation sites (N-methyl/N-ethyl adjacent to an activating group) is 1. The molecule has 1 aliphatic heterocycles. The molecule has 4 rings (SSSR count). The smallest absolute Gasteiger partial charge is 0.120 e. The van der Waals surface area contributed by atoms with Crippen molar-refractivity contribution in [3.8, 4) is 0 Å². The summed E-state index contributed by atoms with van der Waals surface area (Å²) >= 11 is 0. The maximum absolute atomic E-state index is 11.3. The van der Waals surface area contributed by atoms with Crippen LogP contribution in [0.5, 0.6) is 0 Å². The van der Waals surface area contributed by atoms with E-state index in [0.29, 0.717) is 6.54 Å². The predicted octanol–water partition coefficient (Wildman–Crippen LogP) is 2.18. The van der Waals surface area contributed by atoms with Crippen molar-refractivity contribution >= 4 is 10.9 Å². The first-order valence-corrected chi connectivity index (χ1v) is 9.14. The number of aryl methyl sites for hydroxylation is 1. The topological polar surface area (TPSA) is 67.3 Å². The third-order valence-corrected chi connectivity index (χ3v) is 5.58. The van der Waals surface area contributed by atoms with Gasteiger partial charge in [-0.05, 0) is 49.4 Å². The van der Waals surface area contributed by atoms with E-state index >= 15 is 0 Å². The second-order valence-electron chi connectivity index (χ2n) is 7.49. The molecule has 1 unspecified atom stereocenters. The summed E-state index contributed by atoms with van der Waals surface area (Å²) in [6.45, 7) is 4.71. The highest BCUT2D eigenvalue weighted by molar-refractivity contribution is 5.86. The molecule has 1 aromatic carbocycles. The number of rotatable bonds is 4. The molecule has 0 amide bonds. The molecule has 26 heavy (non-hydrogen) atoms. The van der Waals surface area contributed by atoms with Gasteiger partial charge < -0.3 is 20.3 Å². The summed E-state index contributed by atoms with van der Waals surface area (Å²) in [7, 11) is 2.16. The fourth-order valence-electron chi connectivity index (χ4n) is 4.08. The van der Waals surface area contributed by atoms with Gasteiger partial charge in [0.05, 0.1) is 6.54 Å². The largest absolute Gasteiger partial charge is 0.382 e. The third-order valence-electron chi connectivity index (χ3n) is 5.58. The van der Waals surface area contributed by atoms with Gasteiger partial charge in [0.15, 0.2) is 0 Å². The van der Waals surface area contributed by atoms with Crippen LogP contribution >= 0.6 is 0 Å². The van der Waals surface area contributed by atoms with Crippen molar-refractivity contribution in [3.63, 3.8) is 0 Å². The molecule has 0 aliphatic carbocycles. The second-order valence-corrected chi connectivity index (χ2v) is 7.49. The van der Waals surface area contributed by atoms with Gasteiger partial charge in [0.25, 0.3) is 0 Å². The van der Waals surface area contributed by atoms with Gasteiger partial charge in [-0.15, -0.1) is 0 Å². The lowest BCUT2D eigenvalue weighted by atomic mass is 9.94. The molecule has 1 atom stereocenters. The van der Waals surface area contributed by atoms with E-state index in [4.69, 9.17) is 5.73 Å². The molecular formula is C21H26N4O. The molecular weight excluding hydrogens is 324 g/mol. The van der Waals surface area contributed by atoms with Crippen LogP contribution in [0.15, 0.2) is 42.7 Å². The summed E-state index contributed by atoms with van der Waals surface area (Å²) in [6, 6.07) is 10.3. The number of hydrogen-bond acceptors (Lipinski definition) is 4. The monoisotopic (exact) mass is 350 g/mol. The van der Waals surface area contributed by atoms with Gasteiger partial charge in [-0.2, -0.15) is 0 Å². The Kier molecular flexibility index (Phi) is 4.31. The Balaban J connectivity index is 1.86. The van der Waals surface area contributed by atoms with Gasteiger partial charge in [-0.3, -0.25) is 4.98 Å². The summed E-state index contributed by atoms with van der Waals surface area (Å²) in [6.07, 6.45) is 4.39. The van der Waals surface area contributed by atoms with E-state index < -0.39 is 5.60 Å². The third kappa shape index (κ3) is 2.82. The Morgan fingerprint density at radius 2 is 2.00 bits per heavy atom. The molecule has 0 radical (unpaired) electrons. The maximum Gasteiger partial charge on any atom is 0.120 e. The number of nitrogens with zero attached hydrogens (tertiary/aromatic N) is 3. The Hall–Kier alpha value is -2.21. The molecule has 0 saturated heterocycles. The van der Waals surface area contributed by atoms with Gasteiger partial charge >= 0.3 is 0 Å². The highest BCUT2D eigenvalue weighted by Gasteiger charge is 2.31. The van der Waals surface area contributed by atoms with E-state index in [1.165, 1.54) is 27.7 Å². The van der Waals surface area contributed by atoms with Crippen molar-refractivity contribution in [2.75, 3.05) is 20.1 Å². The van der Waals surface area contributed by atoms with Crippen molar-refractivity contribution in [2.45, 2.75) is 32.0 Å². The first-order chi connectivity index (χ1) is 12.5. The zero-order valence-corrected chi connectivity index (χ0v) is 15.4. The second kappa shape index (κ2) is 6.50. The molecule has 5 nitrogen and oxygen atoms in total. The summed E-state index contributed by atoms with van der Waals surface area (Å²) < 4.78 is 2.28. The Morgan fingerprint density at radius 3 is 2.73 bits per heavy atom. The average molecular weight is 350 g/mol. The molecule has 3 aromatic rings. The van der Waals surface area contributed by atoms with Crippen molar-refractivity contribution in [3.05, 3.63) is 65.1 Å². The fraction of sp³-hybridized carbons (Fsp3) is 0.381. The van der Waals surface area contributed by atoms with Crippen molar-refractivity contribution in [1.82, 2.24) is 14.5 Å².